The first-order valence-electron chi connectivity index (χ1n) is 9.05. The Hall–Kier alpha value is -2.01. The van der Waals surface area contributed by atoms with Crippen molar-refractivity contribution in [2.45, 2.75) is 45.1 Å². The second-order valence-corrected chi connectivity index (χ2v) is 7.66. The molecule has 0 aliphatic carbocycles. The van der Waals surface area contributed by atoms with Gasteiger partial charge in [-0.05, 0) is 50.8 Å². The summed E-state index contributed by atoms with van der Waals surface area (Å²) in [5.41, 5.74) is 3.26. The Morgan fingerprint density at radius 2 is 1.76 bits per heavy atom. The second kappa shape index (κ2) is 7.08. The Kier molecular flexibility index (Phi) is 5.04. The Morgan fingerprint density at radius 3 is 2.40 bits per heavy atom. The van der Waals surface area contributed by atoms with E-state index in [4.69, 9.17) is 9.47 Å². The molecule has 2 N–H and O–H groups in total. The highest BCUT2D eigenvalue weighted by Gasteiger charge is 2.34. The number of fused-ring (bicyclic) bond motifs is 1. The van der Waals surface area contributed by atoms with Gasteiger partial charge in [0.2, 0.25) is 0 Å². The van der Waals surface area contributed by atoms with Gasteiger partial charge in [-0.15, -0.1) is 0 Å². The fourth-order valence-electron chi connectivity index (χ4n) is 3.83. The van der Waals surface area contributed by atoms with E-state index >= 15 is 0 Å². The molecule has 0 radical (unpaired) electrons. The summed E-state index contributed by atoms with van der Waals surface area (Å²) < 4.78 is 10.9. The van der Waals surface area contributed by atoms with Crippen LogP contribution in [0.3, 0.4) is 0 Å². The molecule has 0 aromatic heterocycles. The molecule has 3 rings (SSSR count). The minimum Gasteiger partial charge on any atom is -0.493 e. The van der Waals surface area contributed by atoms with Gasteiger partial charge in [0.15, 0.2) is 11.5 Å². The zero-order valence-corrected chi connectivity index (χ0v) is 15.7. The van der Waals surface area contributed by atoms with E-state index in [1.807, 2.05) is 17.0 Å². The van der Waals surface area contributed by atoms with E-state index in [9.17, 15) is 4.79 Å². The van der Waals surface area contributed by atoms with E-state index in [1.54, 1.807) is 20.3 Å². The molecule has 2 aliphatic heterocycles. The summed E-state index contributed by atoms with van der Waals surface area (Å²) >= 11 is 0. The van der Waals surface area contributed by atoms with Gasteiger partial charge in [-0.3, -0.25) is 4.79 Å². The van der Waals surface area contributed by atoms with Crippen molar-refractivity contribution in [1.29, 1.82) is 0 Å². The van der Waals surface area contributed by atoms with Gasteiger partial charge in [0.1, 0.15) is 5.70 Å². The number of nitrogens with zero attached hydrogens (tertiary/aromatic N) is 1. The first kappa shape index (κ1) is 17.8. The second-order valence-electron chi connectivity index (χ2n) is 7.66. The minimum absolute atomic E-state index is 0.000607. The van der Waals surface area contributed by atoms with Crippen LogP contribution < -0.4 is 14.8 Å². The Morgan fingerprint density at radius 1 is 1.12 bits per heavy atom. The molecule has 0 unspecified atom stereocenters. The average molecular weight is 345 g/mol. The summed E-state index contributed by atoms with van der Waals surface area (Å²) in [4.78, 5) is 14.7. The maximum atomic E-state index is 12.7. The predicted octanol–water partition coefficient (Wildman–Crippen LogP) is 1.96. The molecule has 1 aromatic rings. The number of nitrogens with two attached hydrogens (primary N) is 1. The van der Waals surface area contributed by atoms with E-state index in [0.29, 0.717) is 5.75 Å². The zero-order chi connectivity index (χ0) is 18.0. The lowest BCUT2D eigenvalue weighted by Gasteiger charge is -2.32. The number of carbonyl (C=O) groups is 1. The topological polar surface area (TPSA) is 55.4 Å². The average Bonchev–Trinajstić information content (AvgIpc) is 2.60. The van der Waals surface area contributed by atoms with Crippen LogP contribution in [0.4, 0.5) is 0 Å². The highest BCUT2D eigenvalue weighted by Crippen LogP contribution is 2.35. The number of benzene rings is 1. The zero-order valence-electron chi connectivity index (χ0n) is 15.7. The third-order valence-corrected chi connectivity index (χ3v) is 5.06. The lowest BCUT2D eigenvalue weighted by atomic mass is 9.85. The van der Waals surface area contributed by atoms with Crippen LogP contribution in [0.1, 0.15) is 44.2 Å². The van der Waals surface area contributed by atoms with Crippen molar-refractivity contribution in [3.05, 3.63) is 29.3 Å². The first-order valence-corrected chi connectivity index (χ1v) is 9.05. The smallest absolute Gasteiger partial charge is 0.252 e. The van der Waals surface area contributed by atoms with Gasteiger partial charge in [-0.1, -0.05) is 0 Å². The molecule has 5 nitrogen and oxygen atoms in total. The molecule has 2 heterocycles. The largest absolute Gasteiger partial charge is 0.493 e. The number of hydrogen-bond donors (Lipinski definition) is 1. The maximum Gasteiger partial charge on any atom is 0.252 e. The van der Waals surface area contributed by atoms with Gasteiger partial charge in [0, 0.05) is 25.1 Å². The SMILES string of the molecule is COc1cc2c(cc1OC)C(=CC(=O)N1CCCCC1)[NH2+]C(C)(C)C2. The van der Waals surface area contributed by atoms with Crippen molar-refractivity contribution < 1.29 is 19.6 Å². The van der Waals surface area contributed by atoms with Crippen LogP contribution in [0.5, 0.6) is 11.5 Å². The molecular weight excluding hydrogens is 316 g/mol. The molecule has 2 aliphatic rings. The van der Waals surface area contributed by atoms with Crippen LogP contribution in [0.2, 0.25) is 0 Å². The summed E-state index contributed by atoms with van der Waals surface area (Å²) in [5, 5.41) is 2.21. The molecule has 136 valence electrons. The summed E-state index contributed by atoms with van der Waals surface area (Å²) in [7, 11) is 3.30. The lowest BCUT2D eigenvalue weighted by molar-refractivity contribution is -0.641. The summed E-state index contributed by atoms with van der Waals surface area (Å²) in [6.07, 6.45) is 6.14. The third kappa shape index (κ3) is 3.82. The molecule has 1 fully saturated rings. The van der Waals surface area contributed by atoms with Crippen LogP contribution >= 0.6 is 0 Å². The van der Waals surface area contributed by atoms with Crippen LogP contribution in [-0.4, -0.2) is 43.7 Å². The molecule has 0 bridgehead atoms. The van der Waals surface area contributed by atoms with Gasteiger partial charge in [-0.2, -0.15) is 0 Å². The van der Waals surface area contributed by atoms with E-state index in [2.05, 4.69) is 19.2 Å². The highest BCUT2D eigenvalue weighted by atomic mass is 16.5. The first-order chi connectivity index (χ1) is 11.9. The molecular formula is C20H29N2O3+. The van der Waals surface area contributed by atoms with Crippen molar-refractivity contribution in [2.24, 2.45) is 0 Å². The van der Waals surface area contributed by atoms with E-state index in [0.717, 1.165) is 49.4 Å². The van der Waals surface area contributed by atoms with Crippen molar-refractivity contribution >= 4 is 11.6 Å². The summed E-state index contributed by atoms with van der Waals surface area (Å²) in [6, 6.07) is 4.04. The third-order valence-electron chi connectivity index (χ3n) is 5.06. The molecule has 0 spiro atoms. The van der Waals surface area contributed by atoms with Gasteiger partial charge in [0.25, 0.3) is 5.91 Å². The highest BCUT2D eigenvalue weighted by molar-refractivity contribution is 5.94. The lowest BCUT2D eigenvalue weighted by Crippen LogP contribution is -2.94. The summed E-state index contributed by atoms with van der Waals surface area (Å²) in [5.74, 6) is 1.55. The van der Waals surface area contributed by atoms with Crippen molar-refractivity contribution in [3.63, 3.8) is 0 Å². The van der Waals surface area contributed by atoms with Gasteiger partial charge >= 0.3 is 0 Å². The number of rotatable bonds is 3. The summed E-state index contributed by atoms with van der Waals surface area (Å²) in [6.45, 7) is 6.13. The van der Waals surface area contributed by atoms with Gasteiger partial charge < -0.3 is 19.7 Å². The number of likely N-dealkylation sites (tertiary alicyclic amines) is 1. The minimum atomic E-state index is 0.000607. The molecule has 5 heteroatoms. The van der Waals surface area contributed by atoms with Crippen LogP contribution in [0.15, 0.2) is 18.2 Å². The fraction of sp³-hybridized carbons (Fsp3) is 0.550. The normalized spacial score (nSPS) is 21.0. The van der Waals surface area contributed by atoms with E-state index in [1.165, 1.54) is 12.0 Å². The number of piperidine rings is 1. The molecule has 1 aromatic carbocycles. The van der Waals surface area contributed by atoms with Crippen LogP contribution in [0, 0.1) is 0 Å². The monoisotopic (exact) mass is 345 g/mol. The Bertz CT molecular complexity index is 688. The van der Waals surface area contributed by atoms with Gasteiger partial charge in [0.05, 0.1) is 25.8 Å². The molecule has 25 heavy (non-hydrogen) atoms. The number of hydrogen-bond acceptors (Lipinski definition) is 3. The molecule has 0 saturated carbocycles. The van der Waals surface area contributed by atoms with Crippen LogP contribution in [-0.2, 0) is 11.2 Å². The van der Waals surface area contributed by atoms with Crippen molar-refractivity contribution in [1.82, 2.24) is 4.90 Å². The maximum absolute atomic E-state index is 12.7. The number of ether oxygens (including phenoxy) is 2. The number of methoxy groups -OCH3 is 2. The van der Waals surface area contributed by atoms with E-state index < -0.39 is 0 Å². The predicted molar refractivity (Wildman–Crippen MR) is 97.7 cm³/mol. The Labute approximate surface area is 150 Å². The van der Waals surface area contributed by atoms with Gasteiger partial charge in [-0.25, -0.2) is 0 Å². The molecule has 0 atom stereocenters. The molecule has 1 saturated heterocycles. The van der Waals surface area contributed by atoms with E-state index in [-0.39, 0.29) is 11.4 Å². The van der Waals surface area contributed by atoms with Crippen molar-refractivity contribution in [3.8, 4) is 11.5 Å². The quantitative estimate of drug-likeness (QED) is 0.852. The standard InChI is InChI=1S/C20H28N2O3/c1-20(2)13-14-10-17(24-3)18(25-4)11-15(14)16(21-20)12-19(23)22-8-6-5-7-9-22/h10-12,21H,5-9,13H2,1-4H3/p+1. The number of amides is 1. The molecule has 1 amide bonds. The number of carbonyl (C=O) groups excluding carboxylic acids is 1. The van der Waals surface area contributed by atoms with Crippen LogP contribution in [0.25, 0.3) is 5.70 Å². The Balaban J connectivity index is 1.99. The fourth-order valence-corrected chi connectivity index (χ4v) is 3.83. The number of quaternary nitrogens is 1. The van der Waals surface area contributed by atoms with Crippen molar-refractivity contribution in [2.75, 3.05) is 27.3 Å².